The highest BCUT2D eigenvalue weighted by atomic mass is 32.2. The van der Waals surface area contributed by atoms with Crippen LogP contribution in [0.4, 0.5) is 20.5 Å². The van der Waals surface area contributed by atoms with Gasteiger partial charge in [0.25, 0.3) is 0 Å². The minimum atomic E-state index is -3.40. The van der Waals surface area contributed by atoms with Crippen molar-refractivity contribution in [2.24, 2.45) is 5.92 Å². The quantitative estimate of drug-likeness (QED) is 0.250. The van der Waals surface area contributed by atoms with Crippen LogP contribution in [-0.4, -0.2) is 75.9 Å². The minimum Gasteiger partial charge on any atom is -0.390 e. The van der Waals surface area contributed by atoms with E-state index in [0.717, 1.165) is 35.0 Å². The van der Waals surface area contributed by atoms with E-state index in [1.807, 2.05) is 6.07 Å². The van der Waals surface area contributed by atoms with Gasteiger partial charge in [0, 0.05) is 36.9 Å². The number of rotatable bonds is 9. The number of aliphatic hydroxyl groups excluding tert-OH is 2. The fraction of sp³-hybridized carbons (Fsp3) is 0.448. The van der Waals surface area contributed by atoms with Crippen molar-refractivity contribution < 1.29 is 27.4 Å². The summed E-state index contributed by atoms with van der Waals surface area (Å²) in [5, 5.41) is 25.4. The number of fused-ring (bicyclic) bond motifs is 1. The number of hydrogen-bond acceptors (Lipinski definition) is 11. The van der Waals surface area contributed by atoms with Crippen molar-refractivity contribution in [2.45, 2.75) is 56.9 Å². The monoisotopic (exact) mass is 630 g/mol. The first kappa shape index (κ1) is 29.7. The Labute approximate surface area is 251 Å². The predicted octanol–water partition coefficient (Wildman–Crippen LogP) is 3.82. The standard InChI is InChI=1S/C29H32F2N6O4S2/c1-14-22(28-35-24-21(42-28)9-10-32-23(24)15-7-8-15)27(34-20-11-16(13-43(3,40)41)25(38)26(20)39)36-29(33-14)37(2)12-17-18(30)5-4-6-19(17)31/h4-6,9-10,15-16,20,25-26,38-39H,7-8,11-13H2,1-3H3,(H,33,34,36)/t16-,20-,25-,26+/m1/s1. The molecule has 2 fully saturated rings. The van der Waals surface area contributed by atoms with Crippen LogP contribution in [0.5, 0.6) is 0 Å². The van der Waals surface area contributed by atoms with E-state index in [1.54, 1.807) is 20.2 Å². The third-order valence-electron chi connectivity index (χ3n) is 8.03. The number of pyridine rings is 1. The van der Waals surface area contributed by atoms with Crippen molar-refractivity contribution in [1.29, 1.82) is 0 Å². The Hall–Kier alpha value is -3.33. The summed E-state index contributed by atoms with van der Waals surface area (Å²) in [4.78, 5) is 20.4. The van der Waals surface area contributed by atoms with E-state index in [-0.39, 0.29) is 30.2 Å². The van der Waals surface area contributed by atoms with Gasteiger partial charge in [0.1, 0.15) is 43.9 Å². The Balaban J connectivity index is 1.41. The molecule has 0 bridgehead atoms. The van der Waals surface area contributed by atoms with Crippen molar-refractivity contribution in [3.63, 3.8) is 0 Å². The van der Waals surface area contributed by atoms with E-state index in [9.17, 15) is 27.4 Å². The lowest BCUT2D eigenvalue weighted by Crippen LogP contribution is -2.36. The summed E-state index contributed by atoms with van der Waals surface area (Å²) in [5.74, 6) is -1.45. The molecular formula is C29H32F2N6O4S2. The maximum atomic E-state index is 14.4. The van der Waals surface area contributed by atoms with Crippen LogP contribution < -0.4 is 10.2 Å². The van der Waals surface area contributed by atoms with Crippen molar-refractivity contribution in [2.75, 3.05) is 29.3 Å². The van der Waals surface area contributed by atoms with E-state index < -0.39 is 45.6 Å². The molecule has 43 heavy (non-hydrogen) atoms. The van der Waals surface area contributed by atoms with Crippen LogP contribution in [0.2, 0.25) is 0 Å². The van der Waals surface area contributed by atoms with Gasteiger partial charge in [-0.25, -0.2) is 27.2 Å². The van der Waals surface area contributed by atoms with Gasteiger partial charge in [0.2, 0.25) is 5.95 Å². The largest absolute Gasteiger partial charge is 0.390 e. The van der Waals surface area contributed by atoms with Gasteiger partial charge in [-0.3, -0.25) is 4.98 Å². The molecule has 1 aromatic carbocycles. The molecule has 4 aromatic rings. The van der Waals surface area contributed by atoms with Crippen LogP contribution in [0.3, 0.4) is 0 Å². The zero-order chi connectivity index (χ0) is 30.6. The van der Waals surface area contributed by atoms with Crippen molar-refractivity contribution in [3.8, 4) is 10.6 Å². The molecule has 2 saturated carbocycles. The fourth-order valence-corrected chi connectivity index (χ4v) is 7.89. The van der Waals surface area contributed by atoms with Crippen LogP contribution in [0, 0.1) is 24.5 Å². The number of nitrogens with zero attached hydrogens (tertiary/aromatic N) is 5. The Bertz CT molecular complexity index is 1780. The summed E-state index contributed by atoms with van der Waals surface area (Å²) >= 11 is 1.45. The summed E-state index contributed by atoms with van der Waals surface area (Å²) in [6.07, 6.45) is 2.67. The minimum absolute atomic E-state index is 0.130. The molecule has 6 rings (SSSR count). The third-order valence-corrected chi connectivity index (χ3v) is 10.1. The highest BCUT2D eigenvalue weighted by Gasteiger charge is 2.43. The van der Waals surface area contributed by atoms with Gasteiger partial charge < -0.3 is 20.4 Å². The van der Waals surface area contributed by atoms with Crippen molar-refractivity contribution in [1.82, 2.24) is 19.9 Å². The van der Waals surface area contributed by atoms with Crippen LogP contribution in [0.1, 0.15) is 42.1 Å². The molecule has 0 radical (unpaired) electrons. The highest BCUT2D eigenvalue weighted by molar-refractivity contribution is 7.90. The van der Waals surface area contributed by atoms with E-state index >= 15 is 0 Å². The van der Waals surface area contributed by atoms with Gasteiger partial charge in [-0.1, -0.05) is 6.07 Å². The van der Waals surface area contributed by atoms with Gasteiger partial charge >= 0.3 is 0 Å². The number of nitrogens with one attached hydrogen (secondary N) is 1. The van der Waals surface area contributed by atoms with E-state index in [0.29, 0.717) is 28.0 Å². The van der Waals surface area contributed by atoms with Gasteiger partial charge in [0.05, 0.1) is 46.1 Å². The summed E-state index contributed by atoms with van der Waals surface area (Å²) in [5.41, 5.74) is 2.75. The number of thiazole rings is 1. The van der Waals surface area contributed by atoms with Crippen LogP contribution >= 0.6 is 11.3 Å². The Morgan fingerprint density at radius 2 is 1.81 bits per heavy atom. The van der Waals surface area contributed by atoms with Crippen LogP contribution in [-0.2, 0) is 16.4 Å². The summed E-state index contributed by atoms with van der Waals surface area (Å²) in [7, 11) is -1.78. The van der Waals surface area contributed by atoms with E-state index in [4.69, 9.17) is 9.97 Å². The third kappa shape index (κ3) is 6.06. The van der Waals surface area contributed by atoms with Gasteiger partial charge in [-0.05, 0) is 44.4 Å². The Morgan fingerprint density at radius 3 is 2.49 bits per heavy atom. The molecule has 0 amide bonds. The normalized spacial score (nSPS) is 22.3. The second-order valence-corrected chi connectivity index (χ2v) is 14.8. The van der Waals surface area contributed by atoms with E-state index in [1.165, 1.54) is 34.4 Å². The number of sulfone groups is 1. The Kier molecular flexibility index (Phi) is 7.82. The summed E-state index contributed by atoms with van der Waals surface area (Å²) in [6, 6.07) is 4.85. The molecule has 3 N–H and O–H groups in total. The summed E-state index contributed by atoms with van der Waals surface area (Å²) < 4.78 is 53.8. The molecule has 2 aliphatic carbocycles. The van der Waals surface area contributed by atoms with Gasteiger partial charge in [-0.2, -0.15) is 4.98 Å². The van der Waals surface area contributed by atoms with Gasteiger partial charge in [-0.15, -0.1) is 11.3 Å². The first-order chi connectivity index (χ1) is 20.4. The van der Waals surface area contributed by atoms with Crippen molar-refractivity contribution in [3.05, 3.63) is 59.0 Å². The number of aryl methyl sites for hydroxylation is 1. The molecule has 0 unspecified atom stereocenters. The molecule has 3 aromatic heterocycles. The maximum Gasteiger partial charge on any atom is 0.227 e. The number of anilines is 2. The molecule has 0 saturated heterocycles. The average molecular weight is 631 g/mol. The molecule has 14 heteroatoms. The average Bonchev–Trinajstić information content (AvgIpc) is 3.64. The summed E-state index contributed by atoms with van der Waals surface area (Å²) in [6.45, 7) is 1.64. The van der Waals surface area contributed by atoms with Gasteiger partial charge in [0.15, 0.2) is 0 Å². The van der Waals surface area contributed by atoms with Crippen molar-refractivity contribution >= 4 is 43.2 Å². The topological polar surface area (TPSA) is 141 Å². The number of benzene rings is 1. The second kappa shape index (κ2) is 11.3. The lowest BCUT2D eigenvalue weighted by atomic mass is 10.1. The second-order valence-electron chi connectivity index (χ2n) is 11.5. The number of halogens is 2. The number of hydrogen-bond donors (Lipinski definition) is 3. The lowest BCUT2D eigenvalue weighted by molar-refractivity contribution is 0.0216. The highest BCUT2D eigenvalue weighted by Crippen LogP contribution is 2.44. The molecule has 0 aliphatic heterocycles. The first-order valence-corrected chi connectivity index (χ1v) is 16.9. The molecule has 2 aliphatic rings. The molecule has 228 valence electrons. The molecule has 10 nitrogen and oxygen atoms in total. The first-order valence-electron chi connectivity index (χ1n) is 14.0. The van der Waals surface area contributed by atoms with Crippen LogP contribution in [0.25, 0.3) is 20.8 Å². The zero-order valence-corrected chi connectivity index (χ0v) is 25.5. The number of aliphatic hydroxyl groups is 2. The molecule has 4 atom stereocenters. The number of aromatic nitrogens is 4. The lowest BCUT2D eigenvalue weighted by Gasteiger charge is -2.24. The van der Waals surface area contributed by atoms with E-state index in [2.05, 4.69) is 15.3 Å². The smallest absolute Gasteiger partial charge is 0.227 e. The van der Waals surface area contributed by atoms with Crippen LogP contribution in [0.15, 0.2) is 30.5 Å². The predicted molar refractivity (Wildman–Crippen MR) is 161 cm³/mol. The zero-order valence-electron chi connectivity index (χ0n) is 23.8. The fourth-order valence-electron chi connectivity index (χ4n) is 5.72. The maximum absolute atomic E-state index is 14.4. The molecule has 0 spiro atoms. The Morgan fingerprint density at radius 1 is 1.09 bits per heavy atom. The molecule has 3 heterocycles. The molecular weight excluding hydrogens is 598 g/mol. The SMILES string of the molecule is Cc1nc(N(C)Cc2c(F)cccc2F)nc(N[C@@H]2C[C@H](CS(C)(=O)=O)[C@@H](O)[C@H]2O)c1-c1nc2c(C3CC3)nccc2s1.